The van der Waals surface area contributed by atoms with E-state index in [1.165, 1.54) is 0 Å². The van der Waals surface area contributed by atoms with Crippen LogP contribution in [0.15, 0.2) is 50.5 Å². The minimum absolute atomic E-state index is 0.0690. The van der Waals surface area contributed by atoms with Gasteiger partial charge in [0.2, 0.25) is 5.91 Å². The van der Waals surface area contributed by atoms with Crippen molar-refractivity contribution in [3.8, 4) is 0 Å². The zero-order valence-corrected chi connectivity index (χ0v) is 15.3. The van der Waals surface area contributed by atoms with E-state index in [9.17, 15) is 9.59 Å². The molecule has 0 fully saturated rings. The van der Waals surface area contributed by atoms with Crippen LogP contribution in [-0.4, -0.2) is 10.9 Å². The quantitative estimate of drug-likeness (QED) is 0.556. The van der Waals surface area contributed by atoms with Crippen LogP contribution in [-0.2, 0) is 11.2 Å². The number of amides is 1. The molecule has 0 aliphatic heterocycles. The van der Waals surface area contributed by atoms with Gasteiger partial charge < -0.3 is 14.2 Å². The predicted molar refractivity (Wildman–Crippen MR) is 103 cm³/mol. The summed E-state index contributed by atoms with van der Waals surface area (Å²) in [7, 11) is 0. The van der Waals surface area contributed by atoms with E-state index in [1.807, 2.05) is 26.8 Å². The Morgan fingerprint density at radius 2 is 1.96 bits per heavy atom. The maximum Gasteiger partial charge on any atom is 0.340 e. The molecule has 0 aliphatic carbocycles. The fraction of sp³-hybridized carbons (Fsp3) is 0.190. The highest BCUT2D eigenvalue weighted by molar-refractivity contribution is 6.00. The van der Waals surface area contributed by atoms with Gasteiger partial charge in [-0.2, -0.15) is 0 Å². The van der Waals surface area contributed by atoms with E-state index in [1.54, 1.807) is 30.8 Å². The number of aryl methyl sites for hydroxylation is 3. The number of furan rings is 1. The molecule has 3 aromatic heterocycles. The molecule has 4 rings (SSSR count). The number of hydrogen-bond donors (Lipinski definition) is 1. The molecule has 4 aromatic rings. The zero-order chi connectivity index (χ0) is 19.1. The topological polar surface area (TPSA) is 85.3 Å². The number of aromatic nitrogens is 1. The summed E-state index contributed by atoms with van der Waals surface area (Å²) in [6.45, 7) is 5.67. The molecule has 6 nitrogen and oxygen atoms in total. The van der Waals surface area contributed by atoms with Crippen molar-refractivity contribution in [3.63, 3.8) is 0 Å². The van der Waals surface area contributed by atoms with Crippen molar-refractivity contribution >= 4 is 33.5 Å². The molecule has 27 heavy (non-hydrogen) atoms. The maximum atomic E-state index is 12.5. The van der Waals surface area contributed by atoms with E-state index in [4.69, 9.17) is 8.83 Å². The van der Waals surface area contributed by atoms with Crippen molar-refractivity contribution in [2.45, 2.75) is 27.2 Å². The zero-order valence-electron chi connectivity index (χ0n) is 15.3. The summed E-state index contributed by atoms with van der Waals surface area (Å²) < 4.78 is 11.2. The van der Waals surface area contributed by atoms with Crippen LogP contribution in [0.5, 0.6) is 0 Å². The number of anilines is 1. The van der Waals surface area contributed by atoms with Gasteiger partial charge in [-0.25, -0.2) is 4.79 Å². The van der Waals surface area contributed by atoms with Crippen LogP contribution in [0.3, 0.4) is 0 Å². The van der Waals surface area contributed by atoms with E-state index in [2.05, 4.69) is 10.3 Å². The maximum absolute atomic E-state index is 12.5. The molecule has 136 valence electrons. The molecule has 1 amide bonds. The second-order valence-corrected chi connectivity index (χ2v) is 6.63. The lowest BCUT2D eigenvalue weighted by Crippen LogP contribution is -2.20. The van der Waals surface area contributed by atoms with Gasteiger partial charge in [0.15, 0.2) is 0 Å². The number of carbonyl (C=O) groups is 1. The van der Waals surface area contributed by atoms with Gasteiger partial charge in [-0.15, -0.1) is 0 Å². The van der Waals surface area contributed by atoms with Crippen LogP contribution in [0.2, 0.25) is 0 Å². The van der Waals surface area contributed by atoms with Crippen molar-refractivity contribution in [1.29, 1.82) is 0 Å². The summed E-state index contributed by atoms with van der Waals surface area (Å²) >= 11 is 0. The minimum Gasteiger partial charge on any atom is -0.464 e. The predicted octanol–water partition coefficient (Wildman–Crippen LogP) is 4.04. The average Bonchev–Trinajstić information content (AvgIpc) is 3.02. The Hall–Kier alpha value is -3.41. The molecule has 6 heteroatoms. The van der Waals surface area contributed by atoms with Crippen LogP contribution in [0.1, 0.15) is 22.3 Å². The first kappa shape index (κ1) is 17.0. The SMILES string of the molecule is Cc1coc2c(C)c3oc(=O)c(CC(=O)Nc4cccnc4)c(C)c3cc12. The molecule has 1 aromatic carbocycles. The lowest BCUT2D eigenvalue weighted by Gasteiger charge is -2.10. The van der Waals surface area contributed by atoms with Gasteiger partial charge in [-0.3, -0.25) is 9.78 Å². The molecule has 0 bridgehead atoms. The Balaban J connectivity index is 1.79. The molecule has 0 saturated heterocycles. The van der Waals surface area contributed by atoms with Crippen molar-refractivity contribution in [2.75, 3.05) is 5.32 Å². The number of pyridine rings is 1. The number of nitrogens with zero attached hydrogens (tertiary/aromatic N) is 1. The highest BCUT2D eigenvalue weighted by atomic mass is 16.4. The van der Waals surface area contributed by atoms with Gasteiger partial charge in [0, 0.05) is 22.5 Å². The number of nitrogens with one attached hydrogen (secondary N) is 1. The summed E-state index contributed by atoms with van der Waals surface area (Å²) in [5.41, 5.74) is 4.17. The monoisotopic (exact) mass is 362 g/mol. The highest BCUT2D eigenvalue weighted by Crippen LogP contribution is 2.32. The lowest BCUT2D eigenvalue weighted by atomic mass is 9.99. The molecule has 1 N–H and O–H groups in total. The molecule has 0 aliphatic rings. The summed E-state index contributed by atoms with van der Waals surface area (Å²) in [4.78, 5) is 28.9. The largest absolute Gasteiger partial charge is 0.464 e. The minimum atomic E-state index is -0.507. The first-order valence-electron chi connectivity index (χ1n) is 8.59. The smallest absolute Gasteiger partial charge is 0.340 e. The van der Waals surface area contributed by atoms with Crippen LogP contribution in [0.25, 0.3) is 21.9 Å². The van der Waals surface area contributed by atoms with Gasteiger partial charge in [0.25, 0.3) is 0 Å². The van der Waals surface area contributed by atoms with Crippen molar-refractivity contribution < 1.29 is 13.6 Å². The van der Waals surface area contributed by atoms with E-state index >= 15 is 0 Å². The first-order valence-corrected chi connectivity index (χ1v) is 8.59. The molecule has 0 saturated carbocycles. The number of rotatable bonds is 3. The van der Waals surface area contributed by atoms with Crippen LogP contribution in [0, 0.1) is 20.8 Å². The standard InChI is InChI=1S/C21H18N2O4/c1-11-10-26-19-13(3)20-16(7-15(11)19)12(2)17(21(25)27-20)8-18(24)23-14-5-4-6-22-9-14/h4-7,9-10H,8H2,1-3H3,(H,23,24). The first-order chi connectivity index (χ1) is 13.0. The van der Waals surface area contributed by atoms with Gasteiger partial charge >= 0.3 is 5.63 Å². The molecular weight excluding hydrogens is 344 g/mol. The fourth-order valence-electron chi connectivity index (χ4n) is 3.33. The summed E-state index contributed by atoms with van der Waals surface area (Å²) in [6.07, 6.45) is 4.79. The second-order valence-electron chi connectivity index (χ2n) is 6.63. The molecule has 0 radical (unpaired) electrons. The number of benzene rings is 1. The Labute approximate surface area is 154 Å². The van der Waals surface area contributed by atoms with Crippen LogP contribution >= 0.6 is 0 Å². The third-order valence-corrected chi connectivity index (χ3v) is 4.82. The molecule has 3 heterocycles. The van der Waals surface area contributed by atoms with Crippen molar-refractivity contribution in [1.82, 2.24) is 4.98 Å². The Kier molecular flexibility index (Phi) is 4.03. The number of hydrogen-bond acceptors (Lipinski definition) is 5. The molecule has 0 spiro atoms. The van der Waals surface area contributed by atoms with Gasteiger partial charge in [-0.1, -0.05) is 0 Å². The van der Waals surface area contributed by atoms with Gasteiger partial charge in [-0.05, 0) is 50.1 Å². The number of fused-ring (bicyclic) bond motifs is 2. The number of carbonyl (C=O) groups excluding carboxylic acids is 1. The van der Waals surface area contributed by atoms with Crippen molar-refractivity contribution in [3.05, 3.63) is 69.5 Å². The molecule has 0 atom stereocenters. The summed E-state index contributed by atoms with van der Waals surface area (Å²) in [5, 5.41) is 4.53. The van der Waals surface area contributed by atoms with Gasteiger partial charge in [0.05, 0.1) is 30.1 Å². The van der Waals surface area contributed by atoms with E-state index in [0.29, 0.717) is 22.4 Å². The Morgan fingerprint density at radius 1 is 1.15 bits per heavy atom. The molecular formula is C21H18N2O4. The Bertz CT molecular complexity index is 1240. The highest BCUT2D eigenvalue weighted by Gasteiger charge is 2.19. The normalized spacial score (nSPS) is 11.2. The van der Waals surface area contributed by atoms with E-state index in [-0.39, 0.29) is 12.3 Å². The Morgan fingerprint density at radius 3 is 2.70 bits per heavy atom. The van der Waals surface area contributed by atoms with E-state index in [0.717, 1.165) is 27.5 Å². The third-order valence-electron chi connectivity index (χ3n) is 4.82. The molecule has 0 unspecified atom stereocenters. The second kappa shape index (κ2) is 6.39. The summed E-state index contributed by atoms with van der Waals surface area (Å²) in [6, 6.07) is 5.42. The van der Waals surface area contributed by atoms with E-state index < -0.39 is 5.63 Å². The summed E-state index contributed by atoms with van der Waals surface area (Å²) in [5.74, 6) is -0.296. The third kappa shape index (κ3) is 2.89. The fourth-order valence-corrected chi connectivity index (χ4v) is 3.33. The van der Waals surface area contributed by atoms with Crippen LogP contribution in [0.4, 0.5) is 5.69 Å². The van der Waals surface area contributed by atoms with Crippen molar-refractivity contribution in [2.24, 2.45) is 0 Å². The van der Waals surface area contributed by atoms with Gasteiger partial charge in [0.1, 0.15) is 11.2 Å². The van der Waals surface area contributed by atoms with Crippen LogP contribution < -0.4 is 10.9 Å². The average molecular weight is 362 g/mol. The lowest BCUT2D eigenvalue weighted by molar-refractivity contribution is -0.115.